The highest BCUT2D eigenvalue weighted by atomic mass is 16.3. The zero-order valence-electron chi connectivity index (χ0n) is 17.8. The van der Waals surface area contributed by atoms with Gasteiger partial charge in [0.05, 0.1) is 12.1 Å². The molecule has 0 saturated carbocycles. The molecule has 0 aliphatic carbocycles. The molecular weight excluding hydrogens is 388 g/mol. The number of amides is 1. The van der Waals surface area contributed by atoms with E-state index in [1.54, 1.807) is 29.2 Å². The monoisotopic (exact) mass is 414 g/mol. The summed E-state index contributed by atoms with van der Waals surface area (Å²) in [5, 5.41) is 11.4. The van der Waals surface area contributed by atoms with Crippen molar-refractivity contribution in [3.8, 4) is 0 Å². The first kappa shape index (κ1) is 20.8. The number of benzene rings is 3. The highest BCUT2D eigenvalue weighted by Crippen LogP contribution is 2.42. The molecule has 1 N–H and O–H groups in total. The zero-order chi connectivity index (χ0) is 22.0. The number of hydrogen-bond acceptors (Lipinski definition) is 4. The van der Waals surface area contributed by atoms with Crippen molar-refractivity contribution < 1.29 is 14.7 Å². The van der Waals surface area contributed by atoms with E-state index in [-0.39, 0.29) is 12.2 Å². The van der Waals surface area contributed by atoms with Gasteiger partial charge < -0.3 is 14.9 Å². The lowest BCUT2D eigenvalue weighted by Gasteiger charge is -2.23. The summed E-state index contributed by atoms with van der Waals surface area (Å²) in [4.78, 5) is 29.9. The van der Waals surface area contributed by atoms with Gasteiger partial charge in [-0.25, -0.2) is 0 Å². The standard InChI is InChI=1S/C26H26N2O3/c1-27(2)21-14-12-20(13-15-21)24(29)18-26(31)22-10-6-7-11-23(22)28(25(26)30)17-16-19-8-4-3-5-9-19/h3-15,31H,16-18H2,1-2H3/t26-/m0/s1. The molecule has 0 saturated heterocycles. The normalized spacial score (nSPS) is 17.5. The summed E-state index contributed by atoms with van der Waals surface area (Å²) in [7, 11) is 3.86. The van der Waals surface area contributed by atoms with E-state index in [0.29, 0.717) is 29.8 Å². The molecule has 1 aliphatic rings. The Balaban J connectivity index is 1.58. The van der Waals surface area contributed by atoms with E-state index in [9.17, 15) is 14.7 Å². The summed E-state index contributed by atoms with van der Waals surface area (Å²) in [5.41, 5.74) is 1.87. The van der Waals surface area contributed by atoms with Gasteiger partial charge in [0.15, 0.2) is 11.4 Å². The van der Waals surface area contributed by atoms with Gasteiger partial charge in [0.25, 0.3) is 5.91 Å². The number of fused-ring (bicyclic) bond motifs is 1. The predicted octanol–water partition coefficient (Wildman–Crippen LogP) is 3.80. The van der Waals surface area contributed by atoms with Crippen LogP contribution in [0.5, 0.6) is 0 Å². The number of ketones is 1. The Morgan fingerprint density at radius 2 is 1.58 bits per heavy atom. The topological polar surface area (TPSA) is 60.9 Å². The van der Waals surface area contributed by atoms with E-state index in [0.717, 1.165) is 11.3 Å². The molecule has 3 aromatic rings. The fraction of sp³-hybridized carbons (Fsp3) is 0.231. The van der Waals surface area contributed by atoms with Gasteiger partial charge in [-0.05, 0) is 42.3 Å². The SMILES string of the molecule is CN(C)c1ccc(C(=O)C[C@@]2(O)C(=O)N(CCc3ccccc3)c3ccccc32)cc1. The molecule has 5 heteroatoms. The minimum Gasteiger partial charge on any atom is -0.378 e. The molecule has 31 heavy (non-hydrogen) atoms. The third-order valence-electron chi connectivity index (χ3n) is 5.83. The van der Waals surface area contributed by atoms with Gasteiger partial charge in [-0.15, -0.1) is 0 Å². The van der Waals surface area contributed by atoms with Crippen LogP contribution < -0.4 is 9.80 Å². The fourth-order valence-electron chi connectivity index (χ4n) is 4.06. The van der Waals surface area contributed by atoms with E-state index >= 15 is 0 Å². The van der Waals surface area contributed by atoms with E-state index < -0.39 is 11.5 Å². The Morgan fingerprint density at radius 1 is 0.935 bits per heavy atom. The van der Waals surface area contributed by atoms with Crippen LogP contribution in [0.2, 0.25) is 0 Å². The summed E-state index contributed by atoms with van der Waals surface area (Å²) in [6, 6.07) is 24.3. The second-order valence-electron chi connectivity index (χ2n) is 8.11. The molecule has 4 rings (SSSR count). The molecule has 1 amide bonds. The molecule has 5 nitrogen and oxygen atoms in total. The van der Waals surface area contributed by atoms with Gasteiger partial charge in [-0.3, -0.25) is 9.59 Å². The van der Waals surface area contributed by atoms with Crippen LogP contribution in [0.1, 0.15) is 27.9 Å². The summed E-state index contributed by atoms with van der Waals surface area (Å²) in [5.74, 6) is -0.705. The largest absolute Gasteiger partial charge is 0.378 e. The zero-order valence-corrected chi connectivity index (χ0v) is 17.8. The van der Waals surface area contributed by atoms with Crippen LogP contribution in [0, 0.1) is 0 Å². The van der Waals surface area contributed by atoms with Crippen molar-refractivity contribution in [2.24, 2.45) is 0 Å². The lowest BCUT2D eigenvalue weighted by molar-refractivity contribution is -0.135. The molecular formula is C26H26N2O3. The fourth-order valence-corrected chi connectivity index (χ4v) is 4.06. The van der Waals surface area contributed by atoms with E-state index in [2.05, 4.69) is 0 Å². The number of carbonyl (C=O) groups excluding carboxylic acids is 2. The molecule has 0 spiro atoms. The smallest absolute Gasteiger partial charge is 0.264 e. The lowest BCUT2D eigenvalue weighted by Crippen LogP contribution is -2.42. The van der Waals surface area contributed by atoms with Crippen molar-refractivity contribution in [2.75, 3.05) is 30.4 Å². The average molecular weight is 415 g/mol. The van der Waals surface area contributed by atoms with E-state index in [1.165, 1.54) is 0 Å². The number of Topliss-reactive ketones (excluding diaryl/α,β-unsaturated/α-hetero) is 1. The van der Waals surface area contributed by atoms with E-state index in [1.807, 2.05) is 73.6 Å². The van der Waals surface area contributed by atoms with Gasteiger partial charge in [-0.2, -0.15) is 0 Å². The Morgan fingerprint density at radius 3 is 2.26 bits per heavy atom. The first-order valence-corrected chi connectivity index (χ1v) is 10.4. The first-order valence-electron chi connectivity index (χ1n) is 10.4. The minimum atomic E-state index is -1.86. The third-order valence-corrected chi connectivity index (χ3v) is 5.83. The number of anilines is 2. The van der Waals surface area contributed by atoms with Crippen LogP contribution in [0.3, 0.4) is 0 Å². The van der Waals surface area contributed by atoms with Crippen LogP contribution >= 0.6 is 0 Å². The quantitative estimate of drug-likeness (QED) is 0.598. The molecule has 158 valence electrons. The van der Waals surface area contributed by atoms with Crippen LogP contribution in [0.15, 0.2) is 78.9 Å². The molecule has 1 aliphatic heterocycles. The third kappa shape index (κ3) is 3.97. The molecule has 0 radical (unpaired) electrons. The number of nitrogens with zero attached hydrogens (tertiary/aromatic N) is 2. The van der Waals surface area contributed by atoms with Crippen LogP contribution in [0.4, 0.5) is 11.4 Å². The molecule has 0 unspecified atom stereocenters. The highest BCUT2D eigenvalue weighted by Gasteiger charge is 2.50. The minimum absolute atomic E-state index is 0.263. The molecule has 0 aromatic heterocycles. The van der Waals surface area contributed by atoms with Crippen molar-refractivity contribution in [3.05, 3.63) is 95.6 Å². The number of para-hydroxylation sites is 1. The van der Waals surface area contributed by atoms with Gasteiger partial charge in [0, 0.05) is 37.5 Å². The predicted molar refractivity (Wildman–Crippen MR) is 123 cm³/mol. The maximum absolute atomic E-state index is 13.3. The van der Waals surface area contributed by atoms with Gasteiger partial charge in [-0.1, -0.05) is 48.5 Å². The molecule has 1 atom stereocenters. The van der Waals surface area contributed by atoms with Crippen molar-refractivity contribution in [3.63, 3.8) is 0 Å². The first-order chi connectivity index (χ1) is 14.9. The summed E-state index contributed by atoms with van der Waals surface area (Å²) >= 11 is 0. The van der Waals surface area contributed by atoms with Crippen LogP contribution in [0.25, 0.3) is 0 Å². The Hall–Kier alpha value is -3.44. The number of carbonyl (C=O) groups is 2. The molecule has 3 aromatic carbocycles. The molecule has 0 fully saturated rings. The number of rotatable bonds is 7. The van der Waals surface area contributed by atoms with Crippen molar-refractivity contribution in [1.82, 2.24) is 0 Å². The number of aliphatic hydroxyl groups is 1. The molecule has 1 heterocycles. The van der Waals surface area contributed by atoms with Crippen LogP contribution in [-0.2, 0) is 16.8 Å². The number of hydrogen-bond donors (Lipinski definition) is 1. The highest BCUT2D eigenvalue weighted by molar-refractivity contribution is 6.10. The van der Waals surface area contributed by atoms with Crippen molar-refractivity contribution in [2.45, 2.75) is 18.4 Å². The maximum atomic E-state index is 13.3. The Bertz CT molecular complexity index is 1090. The van der Waals surface area contributed by atoms with Gasteiger partial charge in [0.2, 0.25) is 0 Å². The molecule has 0 bridgehead atoms. The van der Waals surface area contributed by atoms with Crippen molar-refractivity contribution in [1.29, 1.82) is 0 Å². The second kappa shape index (κ2) is 8.36. The maximum Gasteiger partial charge on any atom is 0.264 e. The van der Waals surface area contributed by atoms with Gasteiger partial charge >= 0.3 is 0 Å². The summed E-state index contributed by atoms with van der Waals surface area (Å²) in [6.07, 6.45) is 0.378. The van der Waals surface area contributed by atoms with Gasteiger partial charge in [0.1, 0.15) is 0 Å². The summed E-state index contributed by atoms with van der Waals surface area (Å²) < 4.78 is 0. The average Bonchev–Trinajstić information content (AvgIpc) is 3.00. The second-order valence-corrected chi connectivity index (χ2v) is 8.11. The van der Waals surface area contributed by atoms with Crippen LogP contribution in [-0.4, -0.2) is 37.4 Å². The Labute approximate surface area is 182 Å². The summed E-state index contributed by atoms with van der Waals surface area (Å²) in [6.45, 7) is 0.438. The van der Waals surface area contributed by atoms with Crippen molar-refractivity contribution >= 4 is 23.1 Å². The van der Waals surface area contributed by atoms with E-state index in [4.69, 9.17) is 0 Å². The Kier molecular flexibility index (Phi) is 5.61. The lowest BCUT2D eigenvalue weighted by atomic mass is 9.88.